The Kier molecular flexibility index (Phi) is 6.51. The van der Waals surface area contributed by atoms with E-state index in [9.17, 15) is 0 Å². The maximum Gasteiger partial charge on any atom is 0.0731 e. The second kappa shape index (κ2) is 7.94. The van der Waals surface area contributed by atoms with Gasteiger partial charge in [-0.1, -0.05) is 27.7 Å². The number of rotatable bonds is 5. The SMILES string of the molecule is CCNC1CCC(C(C)(C)C)CC1OCC1CCOCC1. The zero-order valence-corrected chi connectivity index (χ0v) is 14.5. The minimum absolute atomic E-state index is 0.394. The molecule has 0 spiro atoms. The van der Waals surface area contributed by atoms with Crippen molar-refractivity contribution in [3.63, 3.8) is 0 Å². The van der Waals surface area contributed by atoms with E-state index in [1.807, 2.05) is 0 Å². The lowest BCUT2D eigenvalue weighted by atomic mass is 9.70. The molecule has 0 radical (unpaired) electrons. The van der Waals surface area contributed by atoms with Crippen molar-refractivity contribution < 1.29 is 9.47 Å². The average molecular weight is 297 g/mol. The molecule has 0 aromatic rings. The molecule has 2 rings (SSSR count). The lowest BCUT2D eigenvalue weighted by molar-refractivity contribution is -0.0556. The highest BCUT2D eigenvalue weighted by Crippen LogP contribution is 2.39. The molecular weight excluding hydrogens is 262 g/mol. The third-order valence-electron chi connectivity index (χ3n) is 5.37. The Morgan fingerprint density at radius 2 is 1.81 bits per heavy atom. The Balaban J connectivity index is 1.87. The fourth-order valence-corrected chi connectivity index (χ4v) is 3.77. The number of ether oxygens (including phenoxy) is 2. The molecule has 124 valence electrons. The normalized spacial score (nSPS) is 32.3. The molecule has 3 nitrogen and oxygen atoms in total. The number of hydrogen-bond donors (Lipinski definition) is 1. The molecule has 21 heavy (non-hydrogen) atoms. The van der Waals surface area contributed by atoms with E-state index in [4.69, 9.17) is 9.47 Å². The van der Waals surface area contributed by atoms with E-state index in [-0.39, 0.29) is 0 Å². The average Bonchev–Trinajstić information content (AvgIpc) is 2.46. The van der Waals surface area contributed by atoms with Gasteiger partial charge in [-0.05, 0) is 55.9 Å². The second-order valence-corrected chi connectivity index (χ2v) is 7.97. The van der Waals surface area contributed by atoms with Crippen molar-refractivity contribution in [2.75, 3.05) is 26.4 Å². The zero-order chi connectivity index (χ0) is 15.3. The molecule has 0 aromatic carbocycles. The van der Waals surface area contributed by atoms with Gasteiger partial charge >= 0.3 is 0 Å². The van der Waals surface area contributed by atoms with Crippen molar-refractivity contribution in [3.8, 4) is 0 Å². The summed E-state index contributed by atoms with van der Waals surface area (Å²) in [4.78, 5) is 0. The van der Waals surface area contributed by atoms with Gasteiger partial charge in [0, 0.05) is 19.3 Å². The van der Waals surface area contributed by atoms with Crippen molar-refractivity contribution >= 4 is 0 Å². The van der Waals surface area contributed by atoms with E-state index in [0.29, 0.717) is 23.5 Å². The molecule has 1 saturated heterocycles. The number of hydrogen-bond acceptors (Lipinski definition) is 3. The summed E-state index contributed by atoms with van der Waals surface area (Å²) >= 11 is 0. The molecule has 1 saturated carbocycles. The highest BCUT2D eigenvalue weighted by molar-refractivity contribution is 4.90. The summed E-state index contributed by atoms with van der Waals surface area (Å²) in [6.45, 7) is 13.1. The molecule has 3 atom stereocenters. The molecule has 2 fully saturated rings. The Morgan fingerprint density at radius 1 is 1.10 bits per heavy atom. The largest absolute Gasteiger partial charge is 0.381 e. The van der Waals surface area contributed by atoms with Crippen LogP contribution < -0.4 is 5.32 Å². The monoisotopic (exact) mass is 297 g/mol. The minimum Gasteiger partial charge on any atom is -0.381 e. The Hall–Kier alpha value is -0.120. The van der Waals surface area contributed by atoms with Crippen LogP contribution in [0.5, 0.6) is 0 Å². The third-order valence-corrected chi connectivity index (χ3v) is 5.37. The van der Waals surface area contributed by atoms with Gasteiger partial charge in [0.1, 0.15) is 0 Å². The highest BCUT2D eigenvalue weighted by atomic mass is 16.5. The van der Waals surface area contributed by atoms with Crippen molar-refractivity contribution in [1.29, 1.82) is 0 Å². The first-order valence-electron chi connectivity index (χ1n) is 8.93. The first-order valence-corrected chi connectivity index (χ1v) is 8.93. The van der Waals surface area contributed by atoms with Crippen molar-refractivity contribution in [1.82, 2.24) is 5.32 Å². The van der Waals surface area contributed by atoms with Crippen LogP contribution in [0.3, 0.4) is 0 Å². The van der Waals surface area contributed by atoms with Crippen LogP contribution in [-0.2, 0) is 9.47 Å². The van der Waals surface area contributed by atoms with Gasteiger partial charge in [0.25, 0.3) is 0 Å². The quantitative estimate of drug-likeness (QED) is 0.840. The van der Waals surface area contributed by atoms with E-state index >= 15 is 0 Å². The van der Waals surface area contributed by atoms with Gasteiger partial charge in [-0.25, -0.2) is 0 Å². The van der Waals surface area contributed by atoms with Crippen LogP contribution in [0.2, 0.25) is 0 Å². The fourth-order valence-electron chi connectivity index (χ4n) is 3.77. The van der Waals surface area contributed by atoms with Gasteiger partial charge < -0.3 is 14.8 Å². The first kappa shape index (κ1) is 17.2. The topological polar surface area (TPSA) is 30.5 Å². The van der Waals surface area contributed by atoms with Crippen LogP contribution in [0.1, 0.15) is 59.8 Å². The fraction of sp³-hybridized carbons (Fsp3) is 1.00. The van der Waals surface area contributed by atoms with Crippen molar-refractivity contribution in [2.24, 2.45) is 17.3 Å². The third kappa shape index (κ3) is 5.22. The maximum atomic E-state index is 6.39. The predicted octanol–water partition coefficient (Wildman–Crippen LogP) is 3.62. The van der Waals surface area contributed by atoms with E-state index in [1.54, 1.807) is 0 Å². The molecule has 1 aliphatic carbocycles. The van der Waals surface area contributed by atoms with Gasteiger partial charge in [-0.2, -0.15) is 0 Å². The molecule has 3 heteroatoms. The first-order chi connectivity index (χ1) is 10.0. The maximum absolute atomic E-state index is 6.39. The zero-order valence-electron chi connectivity index (χ0n) is 14.5. The summed E-state index contributed by atoms with van der Waals surface area (Å²) in [5.41, 5.74) is 0.400. The lowest BCUT2D eigenvalue weighted by Crippen LogP contribution is -2.48. The summed E-state index contributed by atoms with van der Waals surface area (Å²) in [6, 6.07) is 0.549. The smallest absolute Gasteiger partial charge is 0.0731 e. The van der Waals surface area contributed by atoms with Crippen LogP contribution in [0.15, 0.2) is 0 Å². The van der Waals surface area contributed by atoms with Gasteiger partial charge in [0.2, 0.25) is 0 Å². The number of nitrogens with one attached hydrogen (secondary N) is 1. The Labute approximate surface area is 131 Å². The van der Waals surface area contributed by atoms with Crippen molar-refractivity contribution in [3.05, 3.63) is 0 Å². The van der Waals surface area contributed by atoms with Gasteiger partial charge in [-0.15, -0.1) is 0 Å². The molecule has 1 heterocycles. The Morgan fingerprint density at radius 3 is 2.43 bits per heavy atom. The van der Waals surface area contributed by atoms with Gasteiger partial charge in [0.15, 0.2) is 0 Å². The summed E-state index contributed by atoms with van der Waals surface area (Å²) in [5.74, 6) is 1.49. The molecule has 1 aliphatic heterocycles. The van der Waals surface area contributed by atoms with Crippen LogP contribution in [-0.4, -0.2) is 38.5 Å². The summed E-state index contributed by atoms with van der Waals surface area (Å²) in [7, 11) is 0. The molecule has 0 bridgehead atoms. The molecule has 0 amide bonds. The lowest BCUT2D eigenvalue weighted by Gasteiger charge is -2.42. The van der Waals surface area contributed by atoms with Crippen LogP contribution in [0.25, 0.3) is 0 Å². The van der Waals surface area contributed by atoms with E-state index in [2.05, 4.69) is 33.0 Å². The summed E-state index contributed by atoms with van der Waals surface area (Å²) in [6.07, 6.45) is 6.53. The standard InChI is InChI=1S/C18H35NO2/c1-5-19-16-7-6-15(18(2,3)4)12-17(16)21-13-14-8-10-20-11-9-14/h14-17,19H,5-13H2,1-4H3. The molecular formula is C18H35NO2. The summed E-state index contributed by atoms with van der Waals surface area (Å²) < 4.78 is 11.8. The van der Waals surface area contributed by atoms with Crippen LogP contribution in [0, 0.1) is 17.3 Å². The second-order valence-electron chi connectivity index (χ2n) is 7.97. The minimum atomic E-state index is 0.394. The van der Waals surface area contributed by atoms with Gasteiger partial charge in [-0.3, -0.25) is 0 Å². The van der Waals surface area contributed by atoms with E-state index in [1.165, 1.54) is 32.1 Å². The number of likely N-dealkylation sites (N-methyl/N-ethyl adjacent to an activating group) is 1. The van der Waals surface area contributed by atoms with Crippen molar-refractivity contribution in [2.45, 2.75) is 71.9 Å². The molecule has 1 N–H and O–H groups in total. The van der Waals surface area contributed by atoms with Gasteiger partial charge in [0.05, 0.1) is 12.7 Å². The predicted molar refractivity (Wildman–Crippen MR) is 87.5 cm³/mol. The highest BCUT2D eigenvalue weighted by Gasteiger charge is 2.36. The molecule has 3 unspecified atom stereocenters. The van der Waals surface area contributed by atoms with E-state index < -0.39 is 0 Å². The molecule has 2 aliphatic rings. The molecule has 0 aromatic heterocycles. The Bertz CT molecular complexity index is 294. The summed E-state index contributed by atoms with van der Waals surface area (Å²) in [5, 5.41) is 3.64. The van der Waals surface area contributed by atoms with E-state index in [0.717, 1.165) is 32.3 Å². The van der Waals surface area contributed by atoms with Crippen LogP contribution >= 0.6 is 0 Å². The van der Waals surface area contributed by atoms with Crippen LogP contribution in [0.4, 0.5) is 0 Å².